The summed E-state index contributed by atoms with van der Waals surface area (Å²) in [5.41, 5.74) is 8.31. The number of anilines is 1. The van der Waals surface area contributed by atoms with Crippen molar-refractivity contribution in [3.05, 3.63) is 36.0 Å². The molecule has 1 aromatic heterocycles. The van der Waals surface area contributed by atoms with Crippen LogP contribution in [-0.4, -0.2) is 16.1 Å². The van der Waals surface area contributed by atoms with Crippen molar-refractivity contribution < 1.29 is 4.74 Å². The van der Waals surface area contributed by atoms with Gasteiger partial charge in [-0.2, -0.15) is 0 Å². The monoisotopic (exact) mass is 243 g/mol. The lowest BCUT2D eigenvalue weighted by molar-refractivity contribution is 0.242. The summed E-state index contributed by atoms with van der Waals surface area (Å²) in [5.74, 6) is 1.12. The summed E-state index contributed by atoms with van der Waals surface area (Å²) in [6, 6.07) is 9.72. The minimum absolute atomic E-state index is 0.150. The predicted molar refractivity (Wildman–Crippen MR) is 72.4 cm³/mol. The lowest BCUT2D eigenvalue weighted by Gasteiger charge is -2.11. The van der Waals surface area contributed by atoms with Gasteiger partial charge in [0, 0.05) is 11.3 Å². The van der Waals surface area contributed by atoms with Crippen LogP contribution in [0.25, 0.3) is 11.3 Å². The van der Waals surface area contributed by atoms with E-state index in [9.17, 15) is 0 Å². The average Bonchev–Trinajstić information content (AvgIpc) is 2.27. The molecule has 1 heterocycles. The molecule has 2 aromatic rings. The van der Waals surface area contributed by atoms with Gasteiger partial charge in [-0.3, -0.25) is 0 Å². The fraction of sp³-hybridized carbons (Fsp3) is 0.286. The molecule has 0 amide bonds. The van der Waals surface area contributed by atoms with Gasteiger partial charge in [0.2, 0.25) is 5.95 Å². The molecular formula is C14H17N3O. The molecular weight excluding hydrogens is 226 g/mol. The Morgan fingerprint density at radius 2 is 1.94 bits per heavy atom. The van der Waals surface area contributed by atoms with E-state index in [0.717, 1.165) is 22.7 Å². The summed E-state index contributed by atoms with van der Waals surface area (Å²) in [5, 5.41) is 0. The van der Waals surface area contributed by atoms with Gasteiger partial charge in [0.05, 0.1) is 11.8 Å². The van der Waals surface area contributed by atoms with Crippen molar-refractivity contribution in [2.75, 3.05) is 5.73 Å². The highest BCUT2D eigenvalue weighted by atomic mass is 16.5. The third-order valence-corrected chi connectivity index (χ3v) is 2.37. The van der Waals surface area contributed by atoms with Gasteiger partial charge in [-0.1, -0.05) is 12.1 Å². The van der Waals surface area contributed by atoms with Crippen LogP contribution in [0, 0.1) is 6.92 Å². The molecule has 0 spiro atoms. The Balaban J connectivity index is 2.38. The molecule has 18 heavy (non-hydrogen) atoms. The van der Waals surface area contributed by atoms with Crippen molar-refractivity contribution in [2.45, 2.75) is 26.9 Å². The number of benzene rings is 1. The molecule has 1 aromatic carbocycles. The van der Waals surface area contributed by atoms with E-state index in [2.05, 4.69) is 9.97 Å². The number of nitrogens with two attached hydrogens (primary N) is 1. The maximum atomic E-state index is 5.66. The standard InChI is InChI=1S/C14H17N3O/c1-9(2)18-12-6-4-5-11(8-12)13-7-10(3)16-14(15)17-13/h4-9H,1-3H3,(H2,15,16,17). The van der Waals surface area contributed by atoms with E-state index in [-0.39, 0.29) is 6.10 Å². The zero-order chi connectivity index (χ0) is 13.1. The van der Waals surface area contributed by atoms with E-state index in [4.69, 9.17) is 10.5 Å². The summed E-state index contributed by atoms with van der Waals surface area (Å²) < 4.78 is 5.66. The van der Waals surface area contributed by atoms with Crippen molar-refractivity contribution in [3.8, 4) is 17.0 Å². The van der Waals surface area contributed by atoms with Crippen LogP contribution in [0.1, 0.15) is 19.5 Å². The van der Waals surface area contributed by atoms with E-state index in [1.807, 2.05) is 51.1 Å². The number of rotatable bonds is 3. The van der Waals surface area contributed by atoms with E-state index < -0.39 is 0 Å². The van der Waals surface area contributed by atoms with Gasteiger partial charge < -0.3 is 10.5 Å². The number of nitrogen functional groups attached to an aromatic ring is 1. The summed E-state index contributed by atoms with van der Waals surface area (Å²) in [6.07, 6.45) is 0.150. The maximum Gasteiger partial charge on any atom is 0.220 e. The minimum Gasteiger partial charge on any atom is -0.491 e. The second kappa shape index (κ2) is 5.04. The molecule has 0 saturated heterocycles. The van der Waals surface area contributed by atoms with Gasteiger partial charge in [-0.05, 0) is 39.0 Å². The Kier molecular flexibility index (Phi) is 3.46. The van der Waals surface area contributed by atoms with E-state index in [0.29, 0.717) is 5.95 Å². The molecule has 2 N–H and O–H groups in total. The molecule has 0 aliphatic carbocycles. The van der Waals surface area contributed by atoms with Gasteiger partial charge >= 0.3 is 0 Å². The Labute approximate surface area is 107 Å². The number of hydrogen-bond donors (Lipinski definition) is 1. The average molecular weight is 243 g/mol. The predicted octanol–water partition coefficient (Wildman–Crippen LogP) is 2.82. The second-order valence-electron chi connectivity index (χ2n) is 4.45. The number of aromatic nitrogens is 2. The molecule has 0 fully saturated rings. The van der Waals surface area contributed by atoms with Crippen LogP contribution in [0.5, 0.6) is 5.75 Å². The molecule has 0 atom stereocenters. The molecule has 94 valence electrons. The first-order chi connectivity index (χ1) is 8.54. The highest BCUT2D eigenvalue weighted by Crippen LogP contribution is 2.23. The maximum absolute atomic E-state index is 5.66. The lowest BCUT2D eigenvalue weighted by Crippen LogP contribution is -2.05. The number of nitrogens with zero attached hydrogens (tertiary/aromatic N) is 2. The van der Waals surface area contributed by atoms with Crippen LogP contribution >= 0.6 is 0 Å². The van der Waals surface area contributed by atoms with Crippen molar-refractivity contribution in [2.24, 2.45) is 0 Å². The minimum atomic E-state index is 0.150. The Hall–Kier alpha value is -2.10. The SMILES string of the molecule is Cc1cc(-c2cccc(OC(C)C)c2)nc(N)n1. The van der Waals surface area contributed by atoms with Crippen LogP contribution in [0.2, 0.25) is 0 Å². The van der Waals surface area contributed by atoms with Gasteiger partial charge in [0.1, 0.15) is 5.75 Å². The van der Waals surface area contributed by atoms with Gasteiger partial charge in [-0.15, -0.1) is 0 Å². The van der Waals surface area contributed by atoms with E-state index in [1.54, 1.807) is 0 Å². The Morgan fingerprint density at radius 3 is 2.61 bits per heavy atom. The van der Waals surface area contributed by atoms with Crippen molar-refractivity contribution in [1.82, 2.24) is 9.97 Å². The van der Waals surface area contributed by atoms with Gasteiger partial charge in [-0.25, -0.2) is 9.97 Å². The molecule has 2 rings (SSSR count). The fourth-order valence-corrected chi connectivity index (χ4v) is 1.74. The highest BCUT2D eigenvalue weighted by Gasteiger charge is 2.05. The zero-order valence-electron chi connectivity index (χ0n) is 10.8. The van der Waals surface area contributed by atoms with Gasteiger partial charge in [0.25, 0.3) is 0 Å². The Bertz CT molecular complexity index is 532. The van der Waals surface area contributed by atoms with E-state index >= 15 is 0 Å². The molecule has 0 radical (unpaired) electrons. The normalized spacial score (nSPS) is 10.7. The fourth-order valence-electron chi connectivity index (χ4n) is 1.74. The third kappa shape index (κ3) is 2.97. The largest absolute Gasteiger partial charge is 0.491 e. The van der Waals surface area contributed by atoms with Crippen LogP contribution in [0.15, 0.2) is 30.3 Å². The lowest BCUT2D eigenvalue weighted by atomic mass is 10.1. The molecule has 4 nitrogen and oxygen atoms in total. The van der Waals surface area contributed by atoms with Crippen molar-refractivity contribution in [1.29, 1.82) is 0 Å². The first-order valence-electron chi connectivity index (χ1n) is 5.93. The summed E-state index contributed by atoms with van der Waals surface area (Å²) >= 11 is 0. The van der Waals surface area contributed by atoms with Crippen molar-refractivity contribution >= 4 is 5.95 Å². The number of aryl methyl sites for hydroxylation is 1. The summed E-state index contributed by atoms with van der Waals surface area (Å²) in [6.45, 7) is 5.90. The van der Waals surface area contributed by atoms with E-state index in [1.165, 1.54) is 0 Å². The summed E-state index contributed by atoms with van der Waals surface area (Å²) in [4.78, 5) is 8.30. The van der Waals surface area contributed by atoms with Crippen LogP contribution in [-0.2, 0) is 0 Å². The summed E-state index contributed by atoms with van der Waals surface area (Å²) in [7, 11) is 0. The Morgan fingerprint density at radius 1 is 1.17 bits per heavy atom. The van der Waals surface area contributed by atoms with Crippen molar-refractivity contribution in [3.63, 3.8) is 0 Å². The first-order valence-corrected chi connectivity index (χ1v) is 5.93. The number of ether oxygens (including phenoxy) is 1. The third-order valence-electron chi connectivity index (χ3n) is 2.37. The zero-order valence-corrected chi connectivity index (χ0v) is 10.8. The molecule has 0 unspecified atom stereocenters. The van der Waals surface area contributed by atoms with Crippen LogP contribution in [0.3, 0.4) is 0 Å². The molecule has 0 saturated carbocycles. The molecule has 4 heteroatoms. The highest BCUT2D eigenvalue weighted by molar-refractivity contribution is 5.62. The van der Waals surface area contributed by atoms with Crippen LogP contribution < -0.4 is 10.5 Å². The smallest absolute Gasteiger partial charge is 0.220 e. The molecule has 0 bridgehead atoms. The molecule has 0 aliphatic rings. The first kappa shape index (κ1) is 12.4. The number of hydrogen-bond acceptors (Lipinski definition) is 4. The topological polar surface area (TPSA) is 61.0 Å². The quantitative estimate of drug-likeness (QED) is 0.900. The second-order valence-corrected chi connectivity index (χ2v) is 4.45. The van der Waals surface area contributed by atoms with Crippen LogP contribution in [0.4, 0.5) is 5.95 Å². The molecule has 0 aliphatic heterocycles. The van der Waals surface area contributed by atoms with Gasteiger partial charge in [0.15, 0.2) is 0 Å².